The van der Waals surface area contributed by atoms with Gasteiger partial charge in [-0.25, -0.2) is 0 Å². The first-order valence-corrected chi connectivity index (χ1v) is 6.90. The summed E-state index contributed by atoms with van der Waals surface area (Å²) in [5.74, 6) is -0.853. The van der Waals surface area contributed by atoms with E-state index in [0.717, 1.165) is 5.56 Å². The highest BCUT2D eigenvalue weighted by molar-refractivity contribution is 6.30. The molecule has 0 saturated carbocycles. The molecule has 1 aromatic heterocycles. The Bertz CT molecular complexity index is 725. The van der Waals surface area contributed by atoms with E-state index in [2.05, 4.69) is 10.9 Å². The molecule has 2 rings (SSSR count). The summed E-state index contributed by atoms with van der Waals surface area (Å²) in [5, 5.41) is 0.589. The zero-order chi connectivity index (χ0) is 15.9. The van der Waals surface area contributed by atoms with Crippen molar-refractivity contribution in [3.05, 3.63) is 69.6 Å². The van der Waals surface area contributed by atoms with E-state index in [-0.39, 0.29) is 24.4 Å². The fraction of sp³-hybridized carbons (Fsp3) is 0.133. The first kappa shape index (κ1) is 15.8. The predicted octanol–water partition coefficient (Wildman–Crippen LogP) is 0.892. The SMILES string of the molecule is O=C(Cc1ccc(Cl)cc1)NNC(=O)Cn1ccccc1=O. The highest BCUT2D eigenvalue weighted by Gasteiger charge is 2.07. The van der Waals surface area contributed by atoms with E-state index in [1.807, 2.05) is 0 Å². The number of rotatable bonds is 4. The Kier molecular flexibility index (Phi) is 5.32. The fourth-order valence-corrected chi connectivity index (χ4v) is 1.88. The highest BCUT2D eigenvalue weighted by Crippen LogP contribution is 2.09. The lowest BCUT2D eigenvalue weighted by Crippen LogP contribution is -2.44. The Morgan fingerprint density at radius 3 is 2.36 bits per heavy atom. The van der Waals surface area contributed by atoms with Gasteiger partial charge in [-0.15, -0.1) is 0 Å². The van der Waals surface area contributed by atoms with E-state index < -0.39 is 5.91 Å². The van der Waals surface area contributed by atoms with Crippen molar-refractivity contribution in [3.8, 4) is 0 Å². The molecule has 0 saturated heterocycles. The van der Waals surface area contributed by atoms with Crippen LogP contribution in [0.4, 0.5) is 0 Å². The van der Waals surface area contributed by atoms with Crippen LogP contribution < -0.4 is 16.4 Å². The van der Waals surface area contributed by atoms with Crippen LogP contribution in [0.2, 0.25) is 5.02 Å². The molecule has 7 heteroatoms. The zero-order valence-electron chi connectivity index (χ0n) is 11.6. The molecule has 0 fully saturated rings. The summed E-state index contributed by atoms with van der Waals surface area (Å²) in [4.78, 5) is 34.8. The lowest BCUT2D eigenvalue weighted by molar-refractivity contribution is -0.128. The van der Waals surface area contributed by atoms with Gasteiger partial charge in [-0.1, -0.05) is 29.8 Å². The quantitative estimate of drug-likeness (QED) is 0.821. The summed E-state index contributed by atoms with van der Waals surface area (Å²) >= 11 is 5.76. The van der Waals surface area contributed by atoms with Crippen molar-refractivity contribution in [2.24, 2.45) is 0 Å². The van der Waals surface area contributed by atoms with Gasteiger partial charge in [0, 0.05) is 17.3 Å². The molecule has 0 bridgehead atoms. The van der Waals surface area contributed by atoms with Gasteiger partial charge in [-0.3, -0.25) is 25.2 Å². The molecule has 1 aromatic carbocycles. The van der Waals surface area contributed by atoms with Gasteiger partial charge in [0.1, 0.15) is 6.54 Å². The van der Waals surface area contributed by atoms with Gasteiger partial charge in [-0.05, 0) is 23.8 Å². The number of amides is 2. The summed E-state index contributed by atoms with van der Waals surface area (Å²) < 4.78 is 1.24. The van der Waals surface area contributed by atoms with Crippen molar-refractivity contribution in [1.29, 1.82) is 0 Å². The van der Waals surface area contributed by atoms with Crippen molar-refractivity contribution in [1.82, 2.24) is 15.4 Å². The number of nitrogens with zero attached hydrogens (tertiary/aromatic N) is 1. The second kappa shape index (κ2) is 7.42. The van der Waals surface area contributed by atoms with Crippen molar-refractivity contribution >= 4 is 23.4 Å². The van der Waals surface area contributed by atoms with E-state index >= 15 is 0 Å². The molecular weight excluding hydrogens is 306 g/mol. The van der Waals surface area contributed by atoms with Crippen molar-refractivity contribution in [2.45, 2.75) is 13.0 Å². The number of carbonyl (C=O) groups is 2. The third kappa shape index (κ3) is 4.75. The molecule has 0 radical (unpaired) electrons. The Balaban J connectivity index is 1.81. The van der Waals surface area contributed by atoms with Gasteiger partial charge in [-0.2, -0.15) is 0 Å². The van der Waals surface area contributed by atoms with Crippen LogP contribution in [-0.2, 0) is 22.6 Å². The predicted molar refractivity (Wildman–Crippen MR) is 82.1 cm³/mol. The Morgan fingerprint density at radius 1 is 1.00 bits per heavy atom. The second-order valence-electron chi connectivity index (χ2n) is 4.57. The van der Waals surface area contributed by atoms with Gasteiger partial charge < -0.3 is 4.57 Å². The molecule has 0 aliphatic heterocycles. The van der Waals surface area contributed by atoms with Gasteiger partial charge in [0.25, 0.3) is 11.5 Å². The summed E-state index contributed by atoms with van der Waals surface area (Å²) in [6, 6.07) is 11.4. The van der Waals surface area contributed by atoms with E-state index in [4.69, 9.17) is 11.6 Å². The molecule has 2 N–H and O–H groups in total. The number of benzene rings is 1. The van der Waals surface area contributed by atoms with Crippen LogP contribution in [0.1, 0.15) is 5.56 Å². The average molecular weight is 320 g/mol. The molecule has 0 aliphatic rings. The number of hydrazine groups is 1. The van der Waals surface area contributed by atoms with Crippen LogP contribution in [0.5, 0.6) is 0 Å². The molecule has 114 valence electrons. The largest absolute Gasteiger partial charge is 0.306 e. The molecule has 1 heterocycles. The topological polar surface area (TPSA) is 80.2 Å². The molecule has 2 amide bonds. The minimum absolute atomic E-state index is 0.114. The molecule has 0 atom stereocenters. The number of halogens is 1. The molecule has 0 unspecified atom stereocenters. The van der Waals surface area contributed by atoms with Gasteiger partial charge in [0.15, 0.2) is 0 Å². The molecule has 2 aromatic rings. The molecular formula is C15H14ClN3O3. The van der Waals surface area contributed by atoms with E-state index in [1.54, 1.807) is 36.4 Å². The van der Waals surface area contributed by atoms with E-state index in [0.29, 0.717) is 5.02 Å². The van der Waals surface area contributed by atoms with Crippen molar-refractivity contribution in [3.63, 3.8) is 0 Å². The smallest absolute Gasteiger partial charge is 0.258 e. The van der Waals surface area contributed by atoms with E-state index in [9.17, 15) is 14.4 Å². The Hall–Kier alpha value is -2.60. The maximum Gasteiger partial charge on any atom is 0.258 e. The molecule has 0 aliphatic carbocycles. The van der Waals surface area contributed by atoms with Gasteiger partial charge in [0.2, 0.25) is 5.91 Å². The Morgan fingerprint density at radius 2 is 1.68 bits per heavy atom. The average Bonchev–Trinajstić information content (AvgIpc) is 2.50. The lowest BCUT2D eigenvalue weighted by Gasteiger charge is -2.08. The van der Waals surface area contributed by atoms with Gasteiger partial charge >= 0.3 is 0 Å². The summed E-state index contributed by atoms with van der Waals surface area (Å²) in [7, 11) is 0. The molecule has 0 spiro atoms. The second-order valence-corrected chi connectivity index (χ2v) is 5.00. The number of carbonyl (C=O) groups excluding carboxylic acids is 2. The van der Waals surface area contributed by atoms with Crippen LogP contribution >= 0.6 is 11.6 Å². The van der Waals surface area contributed by atoms with Crippen LogP contribution in [0, 0.1) is 0 Å². The third-order valence-corrected chi connectivity index (χ3v) is 3.08. The van der Waals surface area contributed by atoms with Crippen LogP contribution in [0.3, 0.4) is 0 Å². The van der Waals surface area contributed by atoms with Crippen molar-refractivity contribution in [2.75, 3.05) is 0 Å². The molecule has 6 nitrogen and oxygen atoms in total. The van der Waals surface area contributed by atoms with Crippen molar-refractivity contribution < 1.29 is 9.59 Å². The van der Waals surface area contributed by atoms with Crippen LogP contribution in [0.25, 0.3) is 0 Å². The van der Waals surface area contributed by atoms with Gasteiger partial charge in [0.05, 0.1) is 6.42 Å². The highest BCUT2D eigenvalue weighted by atomic mass is 35.5. The maximum atomic E-state index is 11.7. The van der Waals surface area contributed by atoms with Crippen LogP contribution in [-0.4, -0.2) is 16.4 Å². The minimum atomic E-state index is -0.488. The minimum Gasteiger partial charge on any atom is -0.306 e. The third-order valence-electron chi connectivity index (χ3n) is 2.83. The monoisotopic (exact) mass is 319 g/mol. The number of hydrogen-bond acceptors (Lipinski definition) is 3. The summed E-state index contributed by atoms with van der Waals surface area (Å²) in [5.41, 5.74) is 5.05. The number of pyridine rings is 1. The Labute approximate surface area is 131 Å². The zero-order valence-corrected chi connectivity index (χ0v) is 12.3. The normalized spacial score (nSPS) is 10.0. The number of aromatic nitrogens is 1. The number of nitrogens with one attached hydrogen (secondary N) is 2. The van der Waals surface area contributed by atoms with E-state index in [1.165, 1.54) is 16.8 Å². The maximum absolute atomic E-state index is 11.7. The van der Waals surface area contributed by atoms with Crippen LogP contribution in [0.15, 0.2) is 53.5 Å². The lowest BCUT2D eigenvalue weighted by atomic mass is 10.1. The standard InChI is InChI=1S/C15H14ClN3O3/c16-12-6-4-11(5-7-12)9-13(20)17-18-14(21)10-19-8-2-1-3-15(19)22/h1-8H,9-10H2,(H,17,20)(H,18,21). The summed E-state index contributed by atoms with van der Waals surface area (Å²) in [6.07, 6.45) is 1.61. The number of hydrogen-bond donors (Lipinski definition) is 2. The first-order chi connectivity index (χ1) is 10.5. The molecule has 22 heavy (non-hydrogen) atoms. The summed E-state index contributed by atoms with van der Waals surface area (Å²) in [6.45, 7) is -0.166. The fourth-order valence-electron chi connectivity index (χ4n) is 1.76. The first-order valence-electron chi connectivity index (χ1n) is 6.52.